The predicted octanol–water partition coefficient (Wildman–Crippen LogP) is -10.6. The standard InChI is InChI=1S/C26H50N2O20/c27-1-2-28-3-8(30)13(32)14(33)9(31)5-43-24-22(41)19(38)16(35)11(47-24)7-45-26-23(42)20(39)17(36)12(48-26)6-44-25-21(40)18(37)15(34)10(4-29)46-25/h8-26,28-42H,1-7,27H2/t8-,9+,10?,11?,12?,13+,14+,15?,16?,17?,18?,19?,20?,21?,22?,23?,24?,25?,26?/m0/s1. The maximum absolute atomic E-state index is 10.4. The van der Waals surface area contributed by atoms with Crippen LogP contribution >= 0.6 is 0 Å². The molecule has 3 fully saturated rings. The Morgan fingerprint density at radius 1 is 0.542 bits per heavy atom. The molecule has 3 aliphatic rings. The van der Waals surface area contributed by atoms with Crippen molar-refractivity contribution in [3.05, 3.63) is 0 Å². The Hall–Kier alpha value is -0.880. The van der Waals surface area contributed by atoms with Gasteiger partial charge >= 0.3 is 0 Å². The SMILES string of the molecule is NCCNC[C@H](O)[C@@H](O)[C@H](O)[C@H](O)COC1OC(COC2OC(COC3OC(CO)C(O)C(O)C3O)C(O)C(O)C2O)C(O)C(O)C1O. The zero-order valence-electron chi connectivity index (χ0n) is 25.7. The Morgan fingerprint density at radius 2 is 0.938 bits per heavy atom. The summed E-state index contributed by atoms with van der Waals surface area (Å²) in [6.07, 6.45) is -32.7. The van der Waals surface area contributed by atoms with Crippen LogP contribution in [0.5, 0.6) is 0 Å². The third-order valence-corrected chi connectivity index (χ3v) is 8.28. The fraction of sp³-hybridized carbons (Fsp3) is 1.00. The van der Waals surface area contributed by atoms with Gasteiger partial charge in [0.2, 0.25) is 0 Å². The smallest absolute Gasteiger partial charge is 0.186 e. The molecule has 0 spiro atoms. The molecule has 3 rings (SSSR count). The van der Waals surface area contributed by atoms with Crippen LogP contribution in [0.4, 0.5) is 0 Å². The highest BCUT2D eigenvalue weighted by molar-refractivity contribution is 4.93. The minimum absolute atomic E-state index is 0.152. The quantitative estimate of drug-likeness (QED) is 0.0623. The molecule has 0 aromatic carbocycles. The van der Waals surface area contributed by atoms with Crippen molar-refractivity contribution in [3.63, 3.8) is 0 Å². The summed E-state index contributed by atoms with van der Waals surface area (Å²) in [6, 6.07) is 0. The lowest BCUT2D eigenvalue weighted by atomic mass is 9.98. The van der Waals surface area contributed by atoms with Crippen molar-refractivity contribution in [2.45, 2.75) is 117 Å². The Kier molecular flexibility index (Phi) is 16.5. The molecule has 48 heavy (non-hydrogen) atoms. The van der Waals surface area contributed by atoms with Gasteiger partial charge in [0.05, 0.1) is 32.5 Å². The number of nitrogens with two attached hydrogens (primary N) is 1. The molecule has 3 heterocycles. The van der Waals surface area contributed by atoms with Gasteiger partial charge in [-0.15, -0.1) is 0 Å². The molecule has 19 atom stereocenters. The van der Waals surface area contributed by atoms with E-state index in [4.69, 9.17) is 34.2 Å². The highest BCUT2D eigenvalue weighted by Crippen LogP contribution is 2.28. The third kappa shape index (κ3) is 10.1. The van der Waals surface area contributed by atoms with Crippen molar-refractivity contribution >= 4 is 0 Å². The number of ether oxygens (including phenoxy) is 6. The zero-order chi connectivity index (χ0) is 35.9. The van der Waals surface area contributed by atoms with Crippen molar-refractivity contribution in [2.24, 2.45) is 5.73 Å². The van der Waals surface area contributed by atoms with Crippen LogP contribution in [0.25, 0.3) is 0 Å². The van der Waals surface area contributed by atoms with E-state index in [0.29, 0.717) is 6.54 Å². The van der Waals surface area contributed by atoms with Gasteiger partial charge in [-0.2, -0.15) is 0 Å². The Bertz CT molecular complexity index is 929. The van der Waals surface area contributed by atoms with Crippen LogP contribution in [0.1, 0.15) is 0 Å². The summed E-state index contributed by atoms with van der Waals surface area (Å²) in [7, 11) is 0. The molecule has 3 saturated heterocycles. The second-order valence-electron chi connectivity index (χ2n) is 11.8. The largest absolute Gasteiger partial charge is 0.394 e. The van der Waals surface area contributed by atoms with Gasteiger partial charge < -0.3 is 111 Å². The Labute approximate surface area is 274 Å². The first kappa shape index (κ1) is 41.5. The maximum atomic E-state index is 10.4. The molecular formula is C26H50N2O20. The first-order valence-electron chi connectivity index (χ1n) is 15.3. The number of aliphatic hydroxyl groups is 14. The summed E-state index contributed by atoms with van der Waals surface area (Å²) in [6.45, 7) is -2.43. The molecule has 3 aliphatic heterocycles. The average Bonchev–Trinajstić information content (AvgIpc) is 3.07. The fourth-order valence-corrected chi connectivity index (χ4v) is 5.19. The van der Waals surface area contributed by atoms with Gasteiger partial charge in [0.1, 0.15) is 91.6 Å². The van der Waals surface area contributed by atoms with Crippen LogP contribution in [0.15, 0.2) is 0 Å². The van der Waals surface area contributed by atoms with E-state index in [1.807, 2.05) is 0 Å². The maximum Gasteiger partial charge on any atom is 0.186 e. The molecule has 0 saturated carbocycles. The Balaban J connectivity index is 1.55. The second kappa shape index (κ2) is 19.1. The van der Waals surface area contributed by atoms with Gasteiger partial charge in [0.25, 0.3) is 0 Å². The molecule has 22 nitrogen and oxygen atoms in total. The molecule has 0 radical (unpaired) electrons. The lowest BCUT2D eigenvalue weighted by Gasteiger charge is -2.44. The molecule has 0 aromatic rings. The lowest BCUT2D eigenvalue weighted by Crippen LogP contribution is -2.62. The minimum Gasteiger partial charge on any atom is -0.394 e. The van der Waals surface area contributed by atoms with Gasteiger partial charge in [-0.3, -0.25) is 0 Å². The van der Waals surface area contributed by atoms with E-state index >= 15 is 0 Å². The molecule has 0 bridgehead atoms. The van der Waals surface area contributed by atoms with Crippen LogP contribution < -0.4 is 11.1 Å². The zero-order valence-corrected chi connectivity index (χ0v) is 25.7. The average molecular weight is 711 g/mol. The van der Waals surface area contributed by atoms with Gasteiger partial charge in [0, 0.05) is 19.6 Å². The Morgan fingerprint density at radius 3 is 1.38 bits per heavy atom. The molecule has 17 N–H and O–H groups in total. The third-order valence-electron chi connectivity index (χ3n) is 8.28. The summed E-state index contributed by atoms with van der Waals surface area (Å²) in [5, 5.41) is 145. The van der Waals surface area contributed by atoms with E-state index in [2.05, 4.69) is 5.32 Å². The molecule has 0 aliphatic carbocycles. The van der Waals surface area contributed by atoms with Crippen LogP contribution in [-0.4, -0.2) is 234 Å². The lowest BCUT2D eigenvalue weighted by molar-refractivity contribution is -0.343. The summed E-state index contributed by atoms with van der Waals surface area (Å²) >= 11 is 0. The molecule has 284 valence electrons. The van der Waals surface area contributed by atoms with Crippen molar-refractivity contribution < 1.29 is 99.9 Å². The topological polar surface area (TPSA) is 377 Å². The van der Waals surface area contributed by atoms with Crippen molar-refractivity contribution in [1.29, 1.82) is 0 Å². The normalized spacial score (nSPS) is 43.4. The first-order valence-corrected chi connectivity index (χ1v) is 15.3. The van der Waals surface area contributed by atoms with Gasteiger partial charge in [-0.25, -0.2) is 0 Å². The molecule has 0 amide bonds. The van der Waals surface area contributed by atoms with Gasteiger partial charge in [-0.05, 0) is 0 Å². The molecule has 15 unspecified atom stereocenters. The predicted molar refractivity (Wildman–Crippen MR) is 151 cm³/mol. The fourth-order valence-electron chi connectivity index (χ4n) is 5.19. The summed E-state index contributed by atoms with van der Waals surface area (Å²) in [4.78, 5) is 0. The highest BCUT2D eigenvalue weighted by Gasteiger charge is 2.49. The highest BCUT2D eigenvalue weighted by atomic mass is 16.7. The monoisotopic (exact) mass is 710 g/mol. The second-order valence-corrected chi connectivity index (χ2v) is 11.8. The molecule has 22 heteroatoms. The minimum atomic E-state index is -1.92. The number of aliphatic hydroxyl groups excluding tert-OH is 14. The summed E-state index contributed by atoms with van der Waals surface area (Å²) in [5.74, 6) is 0. The number of nitrogens with one attached hydrogen (secondary N) is 1. The number of hydrogen-bond donors (Lipinski definition) is 16. The first-order chi connectivity index (χ1) is 22.6. The van der Waals surface area contributed by atoms with Crippen molar-refractivity contribution in [3.8, 4) is 0 Å². The summed E-state index contributed by atoms with van der Waals surface area (Å²) < 4.78 is 32.2. The summed E-state index contributed by atoms with van der Waals surface area (Å²) in [5.41, 5.74) is 5.32. The van der Waals surface area contributed by atoms with Crippen molar-refractivity contribution in [1.82, 2.24) is 5.32 Å². The van der Waals surface area contributed by atoms with Crippen LogP contribution in [0.2, 0.25) is 0 Å². The van der Waals surface area contributed by atoms with Gasteiger partial charge in [-0.1, -0.05) is 0 Å². The van der Waals surface area contributed by atoms with Crippen LogP contribution in [0.3, 0.4) is 0 Å². The molecule has 0 aromatic heterocycles. The van der Waals surface area contributed by atoms with Gasteiger partial charge in [0.15, 0.2) is 18.9 Å². The van der Waals surface area contributed by atoms with Crippen molar-refractivity contribution in [2.75, 3.05) is 46.1 Å². The van der Waals surface area contributed by atoms with E-state index < -0.39 is 143 Å². The van der Waals surface area contributed by atoms with E-state index in [9.17, 15) is 71.5 Å². The van der Waals surface area contributed by atoms with Crippen LogP contribution in [-0.2, 0) is 28.4 Å². The number of hydrogen-bond acceptors (Lipinski definition) is 22. The van der Waals surface area contributed by atoms with E-state index in [0.717, 1.165) is 0 Å². The van der Waals surface area contributed by atoms with E-state index in [1.54, 1.807) is 0 Å². The van der Waals surface area contributed by atoms with Crippen LogP contribution in [0, 0.1) is 0 Å². The molecular weight excluding hydrogens is 660 g/mol. The number of rotatable bonds is 17. The van der Waals surface area contributed by atoms with E-state index in [-0.39, 0.29) is 13.1 Å². The van der Waals surface area contributed by atoms with E-state index in [1.165, 1.54) is 0 Å².